The average Bonchev–Trinajstić information content (AvgIpc) is 3.31. The van der Waals surface area contributed by atoms with E-state index in [9.17, 15) is 0 Å². The molecule has 0 atom stereocenters. The fourth-order valence-corrected chi connectivity index (χ4v) is 5.14. The Morgan fingerprint density at radius 3 is 2.57 bits per heavy atom. The van der Waals surface area contributed by atoms with Crippen molar-refractivity contribution in [1.29, 1.82) is 0 Å². The summed E-state index contributed by atoms with van der Waals surface area (Å²) in [6, 6.07) is 13.1. The minimum absolute atomic E-state index is 0.324. The molecule has 142 valence electrons. The van der Waals surface area contributed by atoms with Crippen LogP contribution in [0.25, 0.3) is 22.4 Å². The van der Waals surface area contributed by atoms with Crippen molar-refractivity contribution in [3.05, 3.63) is 76.0 Å². The molecule has 0 saturated heterocycles. The molecule has 3 aromatic rings. The summed E-state index contributed by atoms with van der Waals surface area (Å²) in [4.78, 5) is 0. The number of benzene rings is 2. The van der Waals surface area contributed by atoms with Gasteiger partial charge in [-0.2, -0.15) is 0 Å². The molecule has 0 radical (unpaired) electrons. The Bertz CT molecular complexity index is 1230. The lowest BCUT2D eigenvalue weighted by molar-refractivity contribution is -0.660. The van der Waals surface area contributed by atoms with Gasteiger partial charge in [-0.05, 0) is 79.2 Å². The van der Waals surface area contributed by atoms with Gasteiger partial charge in [-0.15, -0.1) is 0 Å². The second-order valence-corrected chi connectivity index (χ2v) is 8.53. The summed E-state index contributed by atoms with van der Waals surface area (Å²) >= 11 is 0. The van der Waals surface area contributed by atoms with Crippen LogP contribution in [-0.2, 0) is 13.5 Å². The summed E-state index contributed by atoms with van der Waals surface area (Å²) in [5, 5.41) is 0. The van der Waals surface area contributed by atoms with Gasteiger partial charge in [-0.3, -0.25) is 0 Å². The van der Waals surface area contributed by atoms with Crippen LogP contribution in [0.2, 0.25) is 0 Å². The zero-order valence-corrected chi connectivity index (χ0v) is 17.0. The van der Waals surface area contributed by atoms with E-state index < -0.39 is 12.7 Å². The average molecular weight is 373 g/mol. The molecule has 1 heteroatoms. The Morgan fingerprint density at radius 2 is 1.79 bits per heavy atom. The topological polar surface area (TPSA) is 3.88 Å². The molecule has 0 spiro atoms. The summed E-state index contributed by atoms with van der Waals surface area (Å²) in [6.45, 7) is 2.03. The van der Waals surface area contributed by atoms with E-state index in [4.69, 9.17) is 5.48 Å². The van der Waals surface area contributed by atoms with Gasteiger partial charge in [0.05, 0.1) is 5.56 Å². The Hall–Kier alpha value is -2.41. The molecule has 0 N–H and O–H groups in total. The van der Waals surface area contributed by atoms with Crippen LogP contribution in [-0.4, -0.2) is 0 Å². The number of hydrogen-bond donors (Lipinski definition) is 0. The van der Waals surface area contributed by atoms with E-state index in [0.717, 1.165) is 37.8 Å². The highest BCUT2D eigenvalue weighted by Crippen LogP contribution is 2.44. The third kappa shape index (κ3) is 2.71. The minimum Gasteiger partial charge on any atom is -0.201 e. The van der Waals surface area contributed by atoms with Crippen LogP contribution in [0.15, 0.2) is 42.6 Å². The molecule has 28 heavy (non-hydrogen) atoms. The van der Waals surface area contributed by atoms with Crippen molar-refractivity contribution in [2.75, 3.05) is 0 Å². The van der Waals surface area contributed by atoms with Gasteiger partial charge < -0.3 is 0 Å². The normalized spacial score (nSPS) is 19.4. The third-order valence-corrected chi connectivity index (χ3v) is 6.56. The lowest BCUT2D eigenvalue weighted by Gasteiger charge is -2.16. The number of aromatic nitrogens is 1. The predicted octanol–water partition coefficient (Wildman–Crippen LogP) is 6.33. The molecule has 1 nitrogen and oxygen atoms in total. The molecule has 1 aromatic heterocycles. The summed E-state index contributed by atoms with van der Waals surface area (Å²) in [5.41, 5.74) is 10.9. The molecular formula is C27H30N+. The maximum Gasteiger partial charge on any atom is 0.213 e. The fraction of sp³-hybridized carbons (Fsp3) is 0.370. The first-order valence-electron chi connectivity index (χ1n) is 12.4. The van der Waals surface area contributed by atoms with Crippen molar-refractivity contribution in [1.82, 2.24) is 0 Å². The highest BCUT2D eigenvalue weighted by atomic mass is 14.9. The number of fused-ring (bicyclic) bond motifs is 3. The number of hydrogen-bond acceptors (Lipinski definition) is 0. The van der Waals surface area contributed by atoms with Crippen LogP contribution in [0, 0.1) is 20.7 Å². The number of aryl methyl sites for hydroxylation is 4. The molecule has 0 amide bonds. The van der Waals surface area contributed by atoms with Crippen molar-refractivity contribution in [3.8, 4) is 22.4 Å². The summed E-state index contributed by atoms with van der Waals surface area (Å²) in [5.74, 6) is -0.821. The lowest BCUT2D eigenvalue weighted by atomic mass is 9.89. The van der Waals surface area contributed by atoms with Gasteiger partial charge in [-0.25, -0.2) is 4.57 Å². The Morgan fingerprint density at radius 1 is 1.00 bits per heavy atom. The Kier molecular flexibility index (Phi) is 3.22. The largest absolute Gasteiger partial charge is 0.213 e. The molecular weight excluding hydrogens is 338 g/mol. The van der Waals surface area contributed by atoms with Crippen LogP contribution in [0.1, 0.15) is 70.4 Å². The molecule has 2 aromatic carbocycles. The lowest BCUT2D eigenvalue weighted by Crippen LogP contribution is -2.32. The maximum atomic E-state index is 9.15. The van der Waals surface area contributed by atoms with Gasteiger partial charge in [0.1, 0.15) is 7.05 Å². The molecule has 2 aliphatic carbocycles. The molecule has 5 rings (SSSR count). The smallest absolute Gasteiger partial charge is 0.201 e. The van der Waals surface area contributed by atoms with Gasteiger partial charge in [0, 0.05) is 17.1 Å². The van der Waals surface area contributed by atoms with Crippen molar-refractivity contribution in [2.24, 2.45) is 7.05 Å². The first kappa shape index (κ1) is 13.7. The molecule has 0 unspecified atom stereocenters. The van der Waals surface area contributed by atoms with E-state index >= 15 is 0 Å². The molecule has 1 fully saturated rings. The number of nitrogens with zero attached hydrogens (tertiary/aromatic N) is 1. The predicted molar refractivity (Wildman–Crippen MR) is 117 cm³/mol. The zero-order valence-electron chi connectivity index (χ0n) is 21.0. The maximum absolute atomic E-state index is 9.15. The Balaban J connectivity index is 1.75. The second-order valence-electron chi connectivity index (χ2n) is 8.53. The van der Waals surface area contributed by atoms with E-state index in [0.29, 0.717) is 11.1 Å². The highest BCUT2D eigenvalue weighted by molar-refractivity contribution is 5.85. The van der Waals surface area contributed by atoms with Gasteiger partial charge in [-0.1, -0.05) is 48.7 Å². The SMILES string of the molecule is [2H]C([2H])([2H])c1c[n+](C)c(-c2c(C)ccc3c2Cc2cc(C)ccc2-3)cc1C1([2H])CCCC1. The molecule has 2 aliphatic rings. The van der Waals surface area contributed by atoms with Crippen molar-refractivity contribution >= 4 is 0 Å². The van der Waals surface area contributed by atoms with Gasteiger partial charge in [0.25, 0.3) is 0 Å². The van der Waals surface area contributed by atoms with E-state index in [2.05, 4.69) is 44.2 Å². The number of pyridine rings is 1. The van der Waals surface area contributed by atoms with Crippen molar-refractivity contribution in [3.63, 3.8) is 0 Å². The summed E-state index contributed by atoms with van der Waals surface area (Å²) < 4.78 is 35.5. The van der Waals surface area contributed by atoms with Crippen LogP contribution < -0.4 is 4.57 Å². The highest BCUT2D eigenvalue weighted by Gasteiger charge is 2.28. The van der Waals surface area contributed by atoms with Gasteiger partial charge in [0.15, 0.2) is 6.20 Å². The van der Waals surface area contributed by atoms with Crippen LogP contribution in [0.4, 0.5) is 0 Å². The summed E-state index contributed by atoms with van der Waals surface area (Å²) in [7, 11) is 1.94. The van der Waals surface area contributed by atoms with Gasteiger partial charge in [0.2, 0.25) is 5.69 Å². The van der Waals surface area contributed by atoms with Crippen LogP contribution in [0.3, 0.4) is 0 Å². The third-order valence-electron chi connectivity index (χ3n) is 6.56. The zero-order chi connectivity index (χ0) is 22.8. The quantitative estimate of drug-likeness (QED) is 0.362. The molecule has 0 aliphatic heterocycles. The van der Waals surface area contributed by atoms with Crippen LogP contribution in [0.5, 0.6) is 0 Å². The van der Waals surface area contributed by atoms with Crippen LogP contribution >= 0.6 is 0 Å². The second kappa shape index (κ2) is 6.58. The van der Waals surface area contributed by atoms with E-state index in [1.165, 1.54) is 38.9 Å². The minimum atomic E-state index is -2.23. The first-order chi connectivity index (χ1) is 15.1. The van der Waals surface area contributed by atoms with Crippen molar-refractivity contribution in [2.45, 2.75) is 58.7 Å². The van der Waals surface area contributed by atoms with E-state index in [1.807, 2.05) is 17.7 Å². The number of rotatable bonds is 2. The fourth-order valence-electron chi connectivity index (χ4n) is 5.14. The van der Waals surface area contributed by atoms with E-state index in [1.54, 1.807) is 6.20 Å². The molecule has 1 heterocycles. The molecule has 0 bridgehead atoms. The van der Waals surface area contributed by atoms with E-state index in [-0.39, 0.29) is 0 Å². The van der Waals surface area contributed by atoms with Gasteiger partial charge >= 0.3 is 0 Å². The monoisotopic (exact) mass is 372 g/mol. The summed E-state index contributed by atoms with van der Waals surface area (Å²) in [6.07, 6.45) is 6.05. The molecule has 1 saturated carbocycles. The Labute approximate surface area is 174 Å². The first-order valence-corrected chi connectivity index (χ1v) is 10.4. The standard InChI is InChI=1S/C27H30N/c1-17-9-11-22-21(13-17)14-25-23(22)12-10-18(2)27(25)26-15-24(19(3)16-28(26)4)20-7-5-6-8-20/h9-13,15-16,20H,5-8,14H2,1-4H3/q+1/i3D3,20D. The van der Waals surface area contributed by atoms with Crippen molar-refractivity contribution < 1.29 is 10.1 Å².